The van der Waals surface area contributed by atoms with E-state index in [1.54, 1.807) is 45.9 Å². The van der Waals surface area contributed by atoms with Gasteiger partial charge < -0.3 is 9.84 Å². The fourth-order valence-corrected chi connectivity index (χ4v) is 5.14. The van der Waals surface area contributed by atoms with E-state index in [0.717, 1.165) is 5.56 Å². The largest absolute Gasteiger partial charge is 0.460 e. The van der Waals surface area contributed by atoms with Crippen molar-refractivity contribution in [2.45, 2.75) is 84.2 Å². The highest BCUT2D eigenvalue weighted by molar-refractivity contribution is 7.91. The lowest BCUT2D eigenvalue weighted by Crippen LogP contribution is -2.49. The van der Waals surface area contributed by atoms with Gasteiger partial charge in [0.25, 0.3) is 5.92 Å². The average molecular weight is 549 g/mol. The first-order valence-corrected chi connectivity index (χ1v) is 14.1. The molecule has 0 spiro atoms. The van der Waals surface area contributed by atoms with Crippen LogP contribution in [-0.4, -0.2) is 62.1 Å². The van der Waals surface area contributed by atoms with Crippen LogP contribution in [0.1, 0.15) is 71.9 Å². The molecule has 0 aliphatic rings. The first kappa shape index (κ1) is 32.9. The lowest BCUT2D eigenvalue weighted by Gasteiger charge is -2.37. The van der Waals surface area contributed by atoms with Gasteiger partial charge in [0.05, 0.1) is 17.8 Å². The number of carbonyl (C=O) groups excluding carboxylic acids is 2. The minimum absolute atomic E-state index is 0.00132. The van der Waals surface area contributed by atoms with Crippen molar-refractivity contribution in [1.29, 1.82) is 0 Å². The molecule has 0 bridgehead atoms. The minimum atomic E-state index is -4.16. The van der Waals surface area contributed by atoms with Gasteiger partial charge in [0, 0.05) is 18.9 Å². The number of nitrogens with one attached hydrogen (secondary N) is 2. The van der Waals surface area contributed by atoms with Crippen LogP contribution in [0.15, 0.2) is 24.3 Å². The summed E-state index contributed by atoms with van der Waals surface area (Å²) in [5, 5.41) is 8.89. The highest BCUT2D eigenvalue weighted by Gasteiger charge is 2.50. The van der Waals surface area contributed by atoms with E-state index in [1.807, 2.05) is 6.07 Å². The highest BCUT2D eigenvalue weighted by Crippen LogP contribution is 2.44. The van der Waals surface area contributed by atoms with E-state index in [4.69, 9.17) is 9.84 Å². The molecule has 1 aromatic carbocycles. The SMILES string of the molecule is CNNC(=O)C(C)(CCC(C)(C)C(F)(F)CS(=O)(=O)CCO)c1cccc(CCC(=O)OC(C)(C)C)c1. The van der Waals surface area contributed by atoms with E-state index >= 15 is 8.78 Å². The Kier molecular flexibility index (Phi) is 11.2. The van der Waals surface area contributed by atoms with Crippen LogP contribution < -0.4 is 10.9 Å². The number of aliphatic hydroxyl groups excluding tert-OH is 1. The fraction of sp³-hybridized carbons (Fsp3) is 0.692. The molecule has 1 unspecified atom stereocenters. The van der Waals surface area contributed by atoms with Gasteiger partial charge in [-0.25, -0.2) is 22.6 Å². The van der Waals surface area contributed by atoms with Crippen LogP contribution in [-0.2, 0) is 36.0 Å². The Bertz CT molecular complexity index is 1040. The summed E-state index contributed by atoms with van der Waals surface area (Å²) in [6.07, 6.45) is 0.351. The van der Waals surface area contributed by atoms with Crippen molar-refractivity contribution in [3.63, 3.8) is 0 Å². The van der Waals surface area contributed by atoms with Crippen LogP contribution in [0, 0.1) is 5.41 Å². The van der Waals surface area contributed by atoms with Crippen LogP contribution >= 0.6 is 0 Å². The van der Waals surface area contributed by atoms with E-state index in [0.29, 0.717) is 12.0 Å². The molecule has 0 aliphatic carbocycles. The molecular weight excluding hydrogens is 506 g/mol. The number of alkyl halides is 2. The summed E-state index contributed by atoms with van der Waals surface area (Å²) in [5.74, 6) is -6.50. The number of carbonyl (C=O) groups is 2. The molecule has 0 heterocycles. The summed E-state index contributed by atoms with van der Waals surface area (Å²) in [6, 6.07) is 7.06. The molecule has 0 aromatic heterocycles. The smallest absolute Gasteiger partial charge is 0.306 e. The van der Waals surface area contributed by atoms with Crippen molar-refractivity contribution in [1.82, 2.24) is 10.9 Å². The fourth-order valence-electron chi connectivity index (χ4n) is 3.78. The number of esters is 1. The molecule has 3 N–H and O–H groups in total. The van der Waals surface area contributed by atoms with Crippen molar-refractivity contribution < 1.29 is 36.6 Å². The zero-order valence-electron chi connectivity index (χ0n) is 22.9. The van der Waals surface area contributed by atoms with Crippen molar-refractivity contribution >= 4 is 21.7 Å². The van der Waals surface area contributed by atoms with Gasteiger partial charge in [0.15, 0.2) is 9.84 Å². The maximum atomic E-state index is 15.1. The minimum Gasteiger partial charge on any atom is -0.460 e. The molecule has 37 heavy (non-hydrogen) atoms. The lowest BCUT2D eigenvalue weighted by atomic mass is 9.71. The Balaban J connectivity index is 3.19. The topological polar surface area (TPSA) is 122 Å². The van der Waals surface area contributed by atoms with E-state index in [1.165, 1.54) is 20.9 Å². The predicted octanol–water partition coefficient (Wildman–Crippen LogP) is 3.32. The number of hydrazine groups is 1. The van der Waals surface area contributed by atoms with Gasteiger partial charge in [-0.05, 0) is 58.1 Å². The van der Waals surface area contributed by atoms with Gasteiger partial charge in [-0.2, -0.15) is 0 Å². The summed E-state index contributed by atoms with van der Waals surface area (Å²) >= 11 is 0. The van der Waals surface area contributed by atoms with Crippen LogP contribution in [0.4, 0.5) is 8.78 Å². The second-order valence-corrected chi connectivity index (χ2v) is 13.4. The molecule has 212 valence electrons. The number of aryl methyl sites for hydroxylation is 1. The molecule has 0 saturated heterocycles. The number of halogens is 2. The molecule has 0 radical (unpaired) electrons. The molecule has 0 aliphatic heterocycles. The third-order valence-corrected chi connectivity index (χ3v) is 7.99. The average Bonchev–Trinajstić information content (AvgIpc) is 2.74. The lowest BCUT2D eigenvalue weighted by molar-refractivity contribution is -0.154. The van der Waals surface area contributed by atoms with Gasteiger partial charge in [-0.3, -0.25) is 15.0 Å². The van der Waals surface area contributed by atoms with Gasteiger partial charge >= 0.3 is 5.97 Å². The Labute approximate surface area is 219 Å². The van der Waals surface area contributed by atoms with Crippen LogP contribution in [0.3, 0.4) is 0 Å². The monoisotopic (exact) mass is 548 g/mol. The van der Waals surface area contributed by atoms with Crippen molar-refractivity contribution in [2.75, 3.05) is 25.2 Å². The number of ether oxygens (including phenoxy) is 1. The molecule has 1 rings (SSSR count). The number of benzene rings is 1. The second-order valence-electron chi connectivity index (χ2n) is 11.2. The standard InChI is InChI=1S/C26H42F2N2O6S/c1-23(2,3)36-21(32)12-11-19-9-8-10-20(17-19)25(6,22(33)30-29-7)14-13-24(4,5)26(27,28)18-37(34,35)16-15-31/h8-10,17,29,31H,11-16,18H2,1-7H3,(H,30,33). The Morgan fingerprint density at radius 1 is 1.05 bits per heavy atom. The number of hydrogen-bond donors (Lipinski definition) is 3. The third kappa shape index (κ3) is 9.94. The highest BCUT2D eigenvalue weighted by atomic mass is 32.2. The van der Waals surface area contributed by atoms with Gasteiger partial charge in [-0.15, -0.1) is 0 Å². The van der Waals surface area contributed by atoms with Gasteiger partial charge in [0.2, 0.25) is 5.91 Å². The Morgan fingerprint density at radius 3 is 2.22 bits per heavy atom. The molecule has 11 heteroatoms. The zero-order chi connectivity index (χ0) is 28.7. The van der Waals surface area contributed by atoms with Crippen molar-refractivity contribution in [3.8, 4) is 0 Å². The van der Waals surface area contributed by atoms with E-state index < -0.39 is 56.2 Å². The molecular formula is C26H42F2N2O6S. The maximum Gasteiger partial charge on any atom is 0.306 e. The van der Waals surface area contributed by atoms with Crippen LogP contribution in [0.2, 0.25) is 0 Å². The summed E-state index contributed by atoms with van der Waals surface area (Å²) in [5.41, 5.74) is 2.88. The first-order chi connectivity index (χ1) is 16.8. The number of rotatable bonds is 14. The van der Waals surface area contributed by atoms with Crippen molar-refractivity contribution in [2.24, 2.45) is 5.41 Å². The summed E-state index contributed by atoms with van der Waals surface area (Å²) in [6.45, 7) is 8.80. The predicted molar refractivity (Wildman–Crippen MR) is 139 cm³/mol. The van der Waals surface area contributed by atoms with E-state index in [9.17, 15) is 18.0 Å². The Hall–Kier alpha value is -2.11. The normalized spacial score (nSPS) is 14.6. The molecule has 8 nitrogen and oxygen atoms in total. The first-order valence-electron chi connectivity index (χ1n) is 12.3. The van der Waals surface area contributed by atoms with Gasteiger partial charge in [-0.1, -0.05) is 38.1 Å². The molecule has 1 aromatic rings. The Morgan fingerprint density at radius 2 is 1.68 bits per heavy atom. The number of amides is 1. The quantitative estimate of drug-likeness (QED) is 0.241. The van der Waals surface area contributed by atoms with Gasteiger partial charge in [0.1, 0.15) is 11.4 Å². The molecule has 1 amide bonds. The molecule has 1 atom stereocenters. The third-order valence-electron chi connectivity index (χ3n) is 6.39. The van der Waals surface area contributed by atoms with E-state index in [2.05, 4.69) is 10.9 Å². The summed E-state index contributed by atoms with van der Waals surface area (Å²) in [4.78, 5) is 25.3. The summed E-state index contributed by atoms with van der Waals surface area (Å²) in [7, 11) is -2.65. The summed E-state index contributed by atoms with van der Waals surface area (Å²) < 4.78 is 59.5. The van der Waals surface area contributed by atoms with Crippen LogP contribution in [0.5, 0.6) is 0 Å². The molecule has 0 fully saturated rings. The molecule has 0 saturated carbocycles. The van der Waals surface area contributed by atoms with Crippen molar-refractivity contribution in [3.05, 3.63) is 35.4 Å². The number of hydrogen-bond acceptors (Lipinski definition) is 7. The second kappa shape index (κ2) is 12.6. The van der Waals surface area contributed by atoms with Crippen LogP contribution in [0.25, 0.3) is 0 Å². The maximum absolute atomic E-state index is 15.1. The van der Waals surface area contributed by atoms with E-state index in [-0.39, 0.29) is 25.2 Å². The number of sulfone groups is 1. The number of aliphatic hydroxyl groups is 1. The zero-order valence-corrected chi connectivity index (χ0v) is 23.7.